The Bertz CT molecular complexity index is 913. The molecule has 158 valence electrons. The average Bonchev–Trinajstić information content (AvgIpc) is 2.75. The van der Waals surface area contributed by atoms with Crippen LogP contribution in [-0.4, -0.2) is 66.3 Å². The fourth-order valence-corrected chi connectivity index (χ4v) is 4.72. The summed E-state index contributed by atoms with van der Waals surface area (Å²) in [5.74, 6) is 1.20. The molecule has 29 heavy (non-hydrogen) atoms. The lowest BCUT2D eigenvalue weighted by Crippen LogP contribution is -3.15. The van der Waals surface area contributed by atoms with Gasteiger partial charge >= 0.3 is 0 Å². The van der Waals surface area contributed by atoms with Gasteiger partial charge in [0.15, 0.2) is 11.5 Å². The van der Waals surface area contributed by atoms with E-state index >= 15 is 0 Å². The van der Waals surface area contributed by atoms with Crippen LogP contribution in [0.3, 0.4) is 0 Å². The van der Waals surface area contributed by atoms with E-state index in [1.54, 1.807) is 18.2 Å². The molecule has 0 aliphatic carbocycles. The molecule has 1 fully saturated rings. The number of rotatable bonds is 8. The summed E-state index contributed by atoms with van der Waals surface area (Å²) in [5, 5.41) is 0. The molecule has 3 rings (SSSR count). The predicted octanol–water partition coefficient (Wildman–Crippen LogP) is 0.811. The number of halogens is 1. The summed E-state index contributed by atoms with van der Waals surface area (Å²) in [6.07, 6.45) is 0. The Morgan fingerprint density at radius 2 is 1.66 bits per heavy atom. The van der Waals surface area contributed by atoms with E-state index < -0.39 is 10.0 Å². The molecule has 1 saturated heterocycles. The Balaban J connectivity index is 1.53. The molecule has 1 N–H and O–H groups in total. The van der Waals surface area contributed by atoms with Gasteiger partial charge in [-0.25, -0.2) is 12.8 Å². The van der Waals surface area contributed by atoms with Crippen molar-refractivity contribution in [1.82, 2.24) is 4.31 Å². The molecular formula is C20H26FN2O5S+. The number of nitrogens with zero attached hydrogens (tertiary/aromatic N) is 1. The third-order valence-corrected chi connectivity index (χ3v) is 6.85. The minimum absolute atomic E-state index is 0.193. The zero-order valence-electron chi connectivity index (χ0n) is 16.6. The summed E-state index contributed by atoms with van der Waals surface area (Å²) in [6.45, 7) is 3.49. The molecule has 0 aromatic heterocycles. The molecule has 0 bridgehead atoms. The maximum absolute atomic E-state index is 13.0. The largest absolute Gasteiger partial charge is 0.493 e. The van der Waals surface area contributed by atoms with E-state index in [2.05, 4.69) is 0 Å². The highest BCUT2D eigenvalue weighted by atomic mass is 32.2. The van der Waals surface area contributed by atoms with Crippen LogP contribution in [0.15, 0.2) is 47.4 Å². The van der Waals surface area contributed by atoms with E-state index in [0.29, 0.717) is 50.0 Å². The fourth-order valence-electron chi connectivity index (χ4n) is 3.26. The lowest BCUT2D eigenvalue weighted by Gasteiger charge is -2.31. The normalized spacial score (nSPS) is 15.8. The van der Waals surface area contributed by atoms with Crippen LogP contribution in [-0.2, 0) is 10.0 Å². The third kappa shape index (κ3) is 5.17. The molecule has 7 nitrogen and oxygen atoms in total. The third-order valence-electron chi connectivity index (χ3n) is 4.96. The van der Waals surface area contributed by atoms with Crippen molar-refractivity contribution in [2.75, 3.05) is 53.6 Å². The number of hydrogen-bond donors (Lipinski definition) is 1. The molecule has 0 amide bonds. The lowest BCUT2D eigenvalue weighted by atomic mass is 10.3. The van der Waals surface area contributed by atoms with Crippen LogP contribution in [0.1, 0.15) is 0 Å². The summed E-state index contributed by atoms with van der Waals surface area (Å²) in [5.41, 5.74) is 0. The van der Waals surface area contributed by atoms with Crippen LogP contribution < -0.4 is 19.1 Å². The number of ether oxygens (including phenoxy) is 3. The number of quaternary nitrogens is 1. The Morgan fingerprint density at radius 1 is 1.00 bits per heavy atom. The second kappa shape index (κ2) is 9.43. The summed E-state index contributed by atoms with van der Waals surface area (Å²) < 4.78 is 56.3. The SMILES string of the molecule is COc1ccc(S(=O)(=O)N2CC[NH+](CCOc3ccc(F)cc3)CC2)cc1OC. The fraction of sp³-hybridized carbons (Fsp3) is 0.400. The zero-order chi connectivity index (χ0) is 20.9. The van der Waals surface area contributed by atoms with E-state index in [4.69, 9.17) is 14.2 Å². The molecule has 2 aromatic carbocycles. The molecule has 0 atom stereocenters. The first-order valence-corrected chi connectivity index (χ1v) is 10.8. The van der Waals surface area contributed by atoms with Gasteiger partial charge in [-0.2, -0.15) is 4.31 Å². The second-order valence-electron chi connectivity index (χ2n) is 6.72. The Morgan fingerprint density at radius 3 is 2.28 bits per heavy atom. The molecule has 1 heterocycles. The van der Waals surface area contributed by atoms with Gasteiger partial charge in [-0.1, -0.05) is 0 Å². The highest BCUT2D eigenvalue weighted by molar-refractivity contribution is 7.89. The van der Waals surface area contributed by atoms with Crippen LogP contribution in [0.5, 0.6) is 17.2 Å². The van der Waals surface area contributed by atoms with Gasteiger partial charge in [-0.05, 0) is 36.4 Å². The van der Waals surface area contributed by atoms with Gasteiger partial charge in [0, 0.05) is 6.07 Å². The second-order valence-corrected chi connectivity index (χ2v) is 8.66. The average molecular weight is 426 g/mol. The summed E-state index contributed by atoms with van der Waals surface area (Å²) in [7, 11) is -0.609. The number of methoxy groups -OCH3 is 2. The summed E-state index contributed by atoms with van der Waals surface area (Å²) >= 11 is 0. The molecule has 0 spiro atoms. The summed E-state index contributed by atoms with van der Waals surface area (Å²) in [6, 6.07) is 10.5. The van der Waals surface area contributed by atoms with Crippen molar-refractivity contribution in [1.29, 1.82) is 0 Å². The number of piperazine rings is 1. The van der Waals surface area contributed by atoms with E-state index in [0.717, 1.165) is 6.54 Å². The predicted molar refractivity (Wildman–Crippen MR) is 106 cm³/mol. The van der Waals surface area contributed by atoms with Crippen molar-refractivity contribution >= 4 is 10.0 Å². The van der Waals surface area contributed by atoms with Gasteiger partial charge in [0.05, 0.1) is 45.3 Å². The van der Waals surface area contributed by atoms with Gasteiger partial charge in [-0.3, -0.25) is 0 Å². The summed E-state index contributed by atoms with van der Waals surface area (Å²) in [4.78, 5) is 1.46. The molecule has 0 saturated carbocycles. The maximum atomic E-state index is 13.0. The van der Waals surface area contributed by atoms with E-state index in [-0.39, 0.29) is 10.7 Å². The monoisotopic (exact) mass is 425 g/mol. The molecule has 0 radical (unpaired) electrons. The van der Waals surface area contributed by atoms with Crippen molar-refractivity contribution in [3.05, 3.63) is 48.3 Å². The van der Waals surface area contributed by atoms with E-state index in [1.165, 1.54) is 47.7 Å². The Labute approximate surface area is 170 Å². The van der Waals surface area contributed by atoms with Crippen LogP contribution >= 0.6 is 0 Å². The smallest absolute Gasteiger partial charge is 0.243 e. The molecule has 0 unspecified atom stereocenters. The van der Waals surface area contributed by atoms with Crippen molar-refractivity contribution in [2.24, 2.45) is 0 Å². The van der Waals surface area contributed by atoms with Gasteiger partial charge < -0.3 is 19.1 Å². The van der Waals surface area contributed by atoms with Crippen LogP contribution in [0.4, 0.5) is 4.39 Å². The highest BCUT2D eigenvalue weighted by Gasteiger charge is 2.31. The molecule has 1 aliphatic rings. The van der Waals surface area contributed by atoms with Crippen LogP contribution in [0, 0.1) is 5.82 Å². The van der Waals surface area contributed by atoms with Crippen LogP contribution in [0.25, 0.3) is 0 Å². The van der Waals surface area contributed by atoms with Crippen LogP contribution in [0.2, 0.25) is 0 Å². The van der Waals surface area contributed by atoms with E-state index in [9.17, 15) is 12.8 Å². The number of benzene rings is 2. The number of hydrogen-bond acceptors (Lipinski definition) is 5. The Hall–Kier alpha value is -2.36. The first-order chi connectivity index (χ1) is 13.9. The van der Waals surface area contributed by atoms with Gasteiger partial charge in [0.25, 0.3) is 0 Å². The van der Waals surface area contributed by atoms with Crippen molar-refractivity contribution in [3.63, 3.8) is 0 Å². The molecule has 9 heteroatoms. The van der Waals surface area contributed by atoms with Gasteiger partial charge in [-0.15, -0.1) is 0 Å². The molecule has 1 aliphatic heterocycles. The molecule has 2 aromatic rings. The first-order valence-electron chi connectivity index (χ1n) is 9.38. The number of sulfonamides is 1. The van der Waals surface area contributed by atoms with E-state index in [1.807, 2.05) is 0 Å². The maximum Gasteiger partial charge on any atom is 0.243 e. The standard InChI is InChI=1S/C20H25FN2O5S/c1-26-19-8-7-18(15-20(19)27-2)29(24,25)23-11-9-22(10-12-23)13-14-28-17-5-3-16(21)4-6-17/h3-8,15H,9-14H2,1-2H3/p+1. The minimum Gasteiger partial charge on any atom is -0.493 e. The molecular weight excluding hydrogens is 399 g/mol. The van der Waals surface area contributed by atoms with Crippen molar-refractivity contribution in [3.8, 4) is 17.2 Å². The van der Waals surface area contributed by atoms with Gasteiger partial charge in [0.1, 0.15) is 24.7 Å². The topological polar surface area (TPSA) is 69.5 Å². The highest BCUT2D eigenvalue weighted by Crippen LogP contribution is 2.30. The van der Waals surface area contributed by atoms with Crippen molar-refractivity contribution in [2.45, 2.75) is 4.90 Å². The quantitative estimate of drug-likeness (QED) is 0.678. The zero-order valence-corrected chi connectivity index (χ0v) is 17.4. The van der Waals surface area contributed by atoms with Crippen molar-refractivity contribution < 1.29 is 31.9 Å². The first kappa shape index (κ1) is 21.4. The minimum atomic E-state index is -3.59. The lowest BCUT2D eigenvalue weighted by molar-refractivity contribution is -0.903. The van der Waals surface area contributed by atoms with Gasteiger partial charge in [0.2, 0.25) is 10.0 Å². The Kier molecular flexibility index (Phi) is 6.94. The number of nitrogens with one attached hydrogen (secondary N) is 1.